The van der Waals surface area contributed by atoms with Gasteiger partial charge < -0.3 is 5.11 Å². The molecule has 2 aromatic carbocycles. The molecule has 0 heterocycles. The average molecular weight is 230 g/mol. The van der Waals surface area contributed by atoms with Crippen LogP contribution in [0.15, 0.2) is 52.7 Å². The van der Waals surface area contributed by atoms with Crippen LogP contribution in [0.5, 0.6) is 5.75 Å². The van der Waals surface area contributed by atoms with E-state index in [2.05, 4.69) is 10.2 Å². The largest absolute Gasteiger partial charge is 0.506 e. The summed E-state index contributed by atoms with van der Waals surface area (Å²) in [6.45, 7) is 1.90. The molecule has 0 unspecified atom stereocenters. The molecule has 86 valence electrons. The molecule has 0 aromatic heterocycles. The number of phenolic OH excluding ortho intramolecular Hbond substituents is 1. The molecule has 0 radical (unpaired) electrons. The molecule has 0 atom stereocenters. The summed E-state index contributed by atoms with van der Waals surface area (Å²) in [5.41, 5.74) is 1.91. The van der Waals surface area contributed by atoms with E-state index in [1.165, 1.54) is 24.3 Å². The van der Waals surface area contributed by atoms with Gasteiger partial charge in [-0.05, 0) is 48.9 Å². The number of rotatable bonds is 2. The molecule has 3 nitrogen and oxygen atoms in total. The Morgan fingerprint density at radius 3 is 2.41 bits per heavy atom. The van der Waals surface area contributed by atoms with Crippen LogP contribution in [0.2, 0.25) is 0 Å². The number of halogens is 1. The van der Waals surface area contributed by atoms with Gasteiger partial charge in [-0.15, -0.1) is 5.11 Å². The van der Waals surface area contributed by atoms with Crippen molar-refractivity contribution in [1.82, 2.24) is 0 Å². The number of nitrogens with zero attached hydrogens (tertiary/aromatic N) is 2. The fourth-order valence-electron chi connectivity index (χ4n) is 1.33. The molecule has 0 aliphatic carbocycles. The van der Waals surface area contributed by atoms with Gasteiger partial charge in [0, 0.05) is 0 Å². The highest BCUT2D eigenvalue weighted by Gasteiger charge is 1.99. The summed E-state index contributed by atoms with van der Waals surface area (Å²) in [5.74, 6) is -0.246. The van der Waals surface area contributed by atoms with Crippen LogP contribution in [0, 0.1) is 12.7 Å². The van der Waals surface area contributed by atoms with Crippen LogP contribution in [0.3, 0.4) is 0 Å². The molecule has 4 heteroatoms. The first-order valence-corrected chi connectivity index (χ1v) is 5.12. The highest BCUT2D eigenvalue weighted by atomic mass is 19.1. The second-order valence-electron chi connectivity index (χ2n) is 3.67. The van der Waals surface area contributed by atoms with Crippen LogP contribution in [0.1, 0.15) is 5.56 Å². The van der Waals surface area contributed by atoms with Gasteiger partial charge in [0.05, 0.1) is 5.69 Å². The van der Waals surface area contributed by atoms with Crippen LogP contribution >= 0.6 is 0 Å². The fraction of sp³-hybridized carbons (Fsp3) is 0.0769. The van der Waals surface area contributed by atoms with E-state index in [-0.39, 0.29) is 11.6 Å². The molecule has 0 saturated heterocycles. The van der Waals surface area contributed by atoms with Crippen LogP contribution in [-0.4, -0.2) is 5.11 Å². The minimum absolute atomic E-state index is 0.0708. The molecule has 17 heavy (non-hydrogen) atoms. The average Bonchev–Trinajstić information content (AvgIpc) is 2.32. The Morgan fingerprint density at radius 1 is 1.00 bits per heavy atom. The topological polar surface area (TPSA) is 45.0 Å². The zero-order valence-corrected chi connectivity index (χ0v) is 9.26. The summed E-state index contributed by atoms with van der Waals surface area (Å²) in [6.07, 6.45) is 0. The standard InChI is InChI=1S/C13H11FN2O/c1-9-2-7-13(17)12(8-9)16-15-11-5-3-10(14)4-6-11/h2-8,17H,1H3. The van der Waals surface area contributed by atoms with Gasteiger partial charge in [-0.25, -0.2) is 4.39 Å². The van der Waals surface area contributed by atoms with Gasteiger partial charge in [-0.2, -0.15) is 5.11 Å². The molecule has 0 saturated carbocycles. The molecule has 0 spiro atoms. The molecule has 1 N–H and O–H groups in total. The Kier molecular flexibility index (Phi) is 3.14. The number of hydrogen-bond donors (Lipinski definition) is 1. The minimum Gasteiger partial charge on any atom is -0.506 e. The number of azo groups is 1. The van der Waals surface area contributed by atoms with Crippen molar-refractivity contribution in [3.05, 3.63) is 53.8 Å². The highest BCUT2D eigenvalue weighted by molar-refractivity contribution is 5.52. The first kappa shape index (κ1) is 11.3. The maximum atomic E-state index is 12.7. The fourth-order valence-corrected chi connectivity index (χ4v) is 1.33. The molecule has 2 aromatic rings. The molecule has 0 bridgehead atoms. The van der Waals surface area contributed by atoms with Crippen LogP contribution in [-0.2, 0) is 0 Å². The van der Waals surface area contributed by atoms with E-state index in [1.54, 1.807) is 18.2 Å². The van der Waals surface area contributed by atoms with Crippen LogP contribution in [0.25, 0.3) is 0 Å². The van der Waals surface area contributed by atoms with Gasteiger partial charge in [-0.1, -0.05) is 6.07 Å². The van der Waals surface area contributed by atoms with Gasteiger partial charge in [0.1, 0.15) is 17.3 Å². The molecular weight excluding hydrogens is 219 g/mol. The molecule has 0 fully saturated rings. The first-order chi connectivity index (χ1) is 8.15. The predicted octanol–water partition coefficient (Wildman–Crippen LogP) is 4.26. The van der Waals surface area contributed by atoms with Gasteiger partial charge in [-0.3, -0.25) is 0 Å². The first-order valence-electron chi connectivity index (χ1n) is 5.12. The Bertz CT molecular complexity index is 550. The zero-order valence-electron chi connectivity index (χ0n) is 9.26. The quantitative estimate of drug-likeness (QED) is 0.770. The summed E-state index contributed by atoms with van der Waals surface area (Å²) in [7, 11) is 0. The lowest BCUT2D eigenvalue weighted by Crippen LogP contribution is -1.72. The number of phenols is 1. The number of aryl methyl sites for hydroxylation is 1. The van der Waals surface area contributed by atoms with Crippen molar-refractivity contribution >= 4 is 11.4 Å². The number of hydrogen-bond acceptors (Lipinski definition) is 3. The number of aromatic hydroxyl groups is 1. The second kappa shape index (κ2) is 4.74. The van der Waals surface area contributed by atoms with Crippen molar-refractivity contribution in [1.29, 1.82) is 0 Å². The summed E-state index contributed by atoms with van der Waals surface area (Å²) in [5, 5.41) is 17.4. The van der Waals surface area contributed by atoms with Crippen molar-refractivity contribution in [2.45, 2.75) is 6.92 Å². The third-order valence-electron chi connectivity index (χ3n) is 2.23. The minimum atomic E-state index is -0.317. The maximum absolute atomic E-state index is 12.7. The molecular formula is C13H11FN2O. The van der Waals surface area contributed by atoms with Crippen molar-refractivity contribution in [2.24, 2.45) is 10.2 Å². The third-order valence-corrected chi connectivity index (χ3v) is 2.23. The smallest absolute Gasteiger partial charge is 0.143 e. The monoisotopic (exact) mass is 230 g/mol. The van der Waals surface area contributed by atoms with E-state index in [4.69, 9.17) is 0 Å². The Hall–Kier alpha value is -2.23. The van der Waals surface area contributed by atoms with E-state index in [9.17, 15) is 9.50 Å². The highest BCUT2D eigenvalue weighted by Crippen LogP contribution is 2.28. The normalized spacial score (nSPS) is 10.9. The lowest BCUT2D eigenvalue weighted by atomic mass is 10.2. The lowest BCUT2D eigenvalue weighted by Gasteiger charge is -1.98. The van der Waals surface area contributed by atoms with Crippen LogP contribution in [0.4, 0.5) is 15.8 Å². The second-order valence-corrected chi connectivity index (χ2v) is 3.67. The van der Waals surface area contributed by atoms with Gasteiger partial charge in [0.15, 0.2) is 0 Å². The summed E-state index contributed by atoms with van der Waals surface area (Å²) >= 11 is 0. The maximum Gasteiger partial charge on any atom is 0.143 e. The lowest BCUT2D eigenvalue weighted by molar-refractivity contribution is 0.476. The zero-order chi connectivity index (χ0) is 12.3. The van der Waals surface area contributed by atoms with Crippen molar-refractivity contribution in [3.63, 3.8) is 0 Å². The summed E-state index contributed by atoms with van der Waals surface area (Å²) in [4.78, 5) is 0. The van der Waals surface area contributed by atoms with Gasteiger partial charge >= 0.3 is 0 Å². The van der Waals surface area contributed by atoms with E-state index in [0.29, 0.717) is 11.4 Å². The van der Waals surface area contributed by atoms with E-state index < -0.39 is 0 Å². The Labute approximate surface area is 98.3 Å². The predicted molar refractivity (Wildman–Crippen MR) is 63.4 cm³/mol. The molecule has 0 aliphatic heterocycles. The van der Waals surface area contributed by atoms with E-state index in [0.717, 1.165) is 5.56 Å². The van der Waals surface area contributed by atoms with Crippen LogP contribution < -0.4 is 0 Å². The van der Waals surface area contributed by atoms with Crippen molar-refractivity contribution < 1.29 is 9.50 Å². The van der Waals surface area contributed by atoms with Crippen molar-refractivity contribution in [3.8, 4) is 5.75 Å². The molecule has 2 rings (SSSR count). The molecule has 0 aliphatic rings. The SMILES string of the molecule is Cc1ccc(O)c(N=Nc2ccc(F)cc2)c1. The van der Waals surface area contributed by atoms with Gasteiger partial charge in [0.25, 0.3) is 0 Å². The Morgan fingerprint density at radius 2 is 1.71 bits per heavy atom. The third kappa shape index (κ3) is 2.87. The van der Waals surface area contributed by atoms with E-state index >= 15 is 0 Å². The van der Waals surface area contributed by atoms with Crippen molar-refractivity contribution in [2.75, 3.05) is 0 Å². The summed E-state index contributed by atoms with van der Waals surface area (Å²) < 4.78 is 12.7. The Balaban J connectivity index is 2.25. The van der Waals surface area contributed by atoms with Gasteiger partial charge in [0.2, 0.25) is 0 Å². The number of benzene rings is 2. The van der Waals surface area contributed by atoms with E-state index in [1.807, 2.05) is 6.92 Å². The molecule has 0 amide bonds. The summed E-state index contributed by atoms with van der Waals surface area (Å²) in [6, 6.07) is 10.7.